The van der Waals surface area contributed by atoms with Crippen LogP contribution in [0, 0.1) is 5.82 Å². The summed E-state index contributed by atoms with van der Waals surface area (Å²) in [6.07, 6.45) is 0. The van der Waals surface area contributed by atoms with Gasteiger partial charge < -0.3 is 9.73 Å². The van der Waals surface area contributed by atoms with Gasteiger partial charge in [-0.1, -0.05) is 19.1 Å². The van der Waals surface area contributed by atoms with Crippen molar-refractivity contribution in [2.45, 2.75) is 23.5 Å². The normalized spacial score (nSPS) is 24.9. The van der Waals surface area contributed by atoms with Crippen molar-refractivity contribution >= 4 is 34.5 Å². The Morgan fingerprint density at radius 1 is 1.35 bits per heavy atom. The maximum absolute atomic E-state index is 13.8. The molecule has 2 aromatic rings. The van der Waals surface area contributed by atoms with E-state index in [4.69, 9.17) is 4.42 Å². The van der Waals surface area contributed by atoms with Gasteiger partial charge in [-0.15, -0.1) is 0 Å². The Balaban J connectivity index is 1.96. The van der Waals surface area contributed by atoms with Crippen LogP contribution in [0.3, 0.4) is 0 Å². The van der Waals surface area contributed by atoms with Crippen molar-refractivity contribution in [1.29, 1.82) is 0 Å². The molecule has 108 valence electrons. The SMILES string of the molecule is CNC(c1cc2cccc(F)c2o1)C1SCCSC1C. The van der Waals surface area contributed by atoms with Gasteiger partial charge >= 0.3 is 0 Å². The van der Waals surface area contributed by atoms with Gasteiger partial charge in [-0.25, -0.2) is 4.39 Å². The summed E-state index contributed by atoms with van der Waals surface area (Å²) in [5.41, 5.74) is 0.365. The summed E-state index contributed by atoms with van der Waals surface area (Å²) in [4.78, 5) is 0. The van der Waals surface area contributed by atoms with Crippen LogP contribution in [0.1, 0.15) is 18.7 Å². The van der Waals surface area contributed by atoms with E-state index in [2.05, 4.69) is 12.2 Å². The molecule has 0 radical (unpaired) electrons. The zero-order valence-corrected chi connectivity index (χ0v) is 13.2. The Morgan fingerprint density at radius 3 is 2.85 bits per heavy atom. The zero-order valence-electron chi connectivity index (χ0n) is 11.6. The van der Waals surface area contributed by atoms with Crippen molar-refractivity contribution in [1.82, 2.24) is 5.32 Å². The second kappa shape index (κ2) is 6.00. The first-order valence-electron chi connectivity index (χ1n) is 6.79. The second-order valence-corrected chi connectivity index (χ2v) is 7.76. The molecule has 5 heteroatoms. The number of hydrogen-bond donors (Lipinski definition) is 1. The molecule has 3 atom stereocenters. The van der Waals surface area contributed by atoms with Crippen molar-refractivity contribution in [3.8, 4) is 0 Å². The van der Waals surface area contributed by atoms with Crippen molar-refractivity contribution in [3.63, 3.8) is 0 Å². The van der Waals surface area contributed by atoms with E-state index in [1.807, 2.05) is 42.7 Å². The molecule has 0 amide bonds. The molecule has 1 aromatic heterocycles. The van der Waals surface area contributed by atoms with Crippen LogP contribution >= 0.6 is 23.5 Å². The highest BCUT2D eigenvalue weighted by Crippen LogP contribution is 2.39. The molecule has 0 saturated carbocycles. The minimum absolute atomic E-state index is 0.120. The summed E-state index contributed by atoms with van der Waals surface area (Å²) in [6, 6.07) is 7.14. The Kier molecular flexibility index (Phi) is 4.29. The molecular weight excluding hydrogens is 293 g/mol. The first kappa shape index (κ1) is 14.3. The summed E-state index contributed by atoms with van der Waals surface area (Å²) in [6.45, 7) is 2.26. The summed E-state index contributed by atoms with van der Waals surface area (Å²) in [5, 5.41) is 5.19. The highest BCUT2D eigenvalue weighted by molar-refractivity contribution is 8.07. The number of hydrogen-bond acceptors (Lipinski definition) is 4. The number of furan rings is 1. The number of rotatable bonds is 3. The lowest BCUT2D eigenvalue weighted by Crippen LogP contribution is -2.35. The van der Waals surface area contributed by atoms with Crippen LogP contribution in [-0.4, -0.2) is 29.1 Å². The first-order valence-corrected chi connectivity index (χ1v) is 8.89. The van der Waals surface area contributed by atoms with Crippen LogP contribution in [0.2, 0.25) is 0 Å². The molecule has 3 unspecified atom stereocenters. The predicted octanol–water partition coefficient (Wildman–Crippen LogP) is 4.07. The fourth-order valence-electron chi connectivity index (χ4n) is 2.68. The largest absolute Gasteiger partial charge is 0.456 e. The van der Waals surface area contributed by atoms with Crippen LogP contribution in [-0.2, 0) is 0 Å². The van der Waals surface area contributed by atoms with Gasteiger partial charge in [-0.3, -0.25) is 0 Å². The van der Waals surface area contributed by atoms with Crippen molar-refractivity contribution in [2.75, 3.05) is 18.6 Å². The van der Waals surface area contributed by atoms with E-state index in [1.54, 1.807) is 6.07 Å². The van der Waals surface area contributed by atoms with Gasteiger partial charge in [-0.2, -0.15) is 23.5 Å². The lowest BCUT2D eigenvalue weighted by Gasteiger charge is -2.33. The Hall–Kier alpha value is -0.650. The maximum atomic E-state index is 13.8. The molecule has 1 saturated heterocycles. The topological polar surface area (TPSA) is 25.2 Å². The summed E-state index contributed by atoms with van der Waals surface area (Å²) in [5.74, 6) is 2.90. The Labute approximate surface area is 126 Å². The van der Waals surface area contributed by atoms with Gasteiger partial charge in [0, 0.05) is 27.4 Å². The van der Waals surface area contributed by atoms with E-state index >= 15 is 0 Å². The fourth-order valence-corrected chi connectivity index (χ4v) is 5.65. The van der Waals surface area contributed by atoms with Crippen LogP contribution in [0.15, 0.2) is 28.7 Å². The molecule has 0 aliphatic carbocycles. The monoisotopic (exact) mass is 311 g/mol. The molecular formula is C15H18FNOS2. The van der Waals surface area contributed by atoms with Crippen LogP contribution in [0.5, 0.6) is 0 Å². The highest BCUT2D eigenvalue weighted by atomic mass is 32.2. The third kappa shape index (κ3) is 2.59. The quantitative estimate of drug-likeness (QED) is 0.924. The number of halogens is 1. The molecule has 2 heterocycles. The number of nitrogens with one attached hydrogen (secondary N) is 1. The molecule has 1 aromatic carbocycles. The smallest absolute Gasteiger partial charge is 0.169 e. The average Bonchev–Trinajstić information content (AvgIpc) is 2.87. The molecule has 2 nitrogen and oxygen atoms in total. The minimum atomic E-state index is -0.290. The minimum Gasteiger partial charge on any atom is -0.456 e. The van der Waals surface area contributed by atoms with Crippen molar-refractivity contribution in [3.05, 3.63) is 35.8 Å². The zero-order chi connectivity index (χ0) is 14.1. The van der Waals surface area contributed by atoms with E-state index in [-0.39, 0.29) is 11.9 Å². The first-order chi connectivity index (χ1) is 9.70. The number of thioether (sulfide) groups is 2. The van der Waals surface area contributed by atoms with Gasteiger partial charge in [0.25, 0.3) is 0 Å². The van der Waals surface area contributed by atoms with Crippen molar-refractivity contribution in [2.24, 2.45) is 0 Å². The van der Waals surface area contributed by atoms with Crippen molar-refractivity contribution < 1.29 is 8.81 Å². The van der Waals surface area contributed by atoms with Gasteiger partial charge in [-0.05, 0) is 19.2 Å². The van der Waals surface area contributed by atoms with Crippen LogP contribution in [0.25, 0.3) is 11.0 Å². The van der Waals surface area contributed by atoms with Crippen LogP contribution in [0.4, 0.5) is 4.39 Å². The molecule has 1 aliphatic rings. The fraction of sp³-hybridized carbons (Fsp3) is 0.467. The molecule has 3 rings (SSSR count). The predicted molar refractivity (Wildman–Crippen MR) is 86.1 cm³/mol. The van der Waals surface area contributed by atoms with Gasteiger partial charge in [0.2, 0.25) is 0 Å². The third-order valence-corrected chi connectivity index (χ3v) is 6.89. The lowest BCUT2D eigenvalue weighted by atomic mass is 10.1. The highest BCUT2D eigenvalue weighted by Gasteiger charge is 2.32. The Morgan fingerprint density at radius 2 is 2.15 bits per heavy atom. The van der Waals surface area contributed by atoms with E-state index in [9.17, 15) is 4.39 Å². The van der Waals surface area contributed by atoms with Gasteiger partial charge in [0.1, 0.15) is 5.76 Å². The summed E-state index contributed by atoms with van der Waals surface area (Å²) < 4.78 is 19.6. The summed E-state index contributed by atoms with van der Waals surface area (Å²) >= 11 is 3.97. The molecule has 1 N–H and O–H groups in total. The molecule has 20 heavy (non-hydrogen) atoms. The van der Waals surface area contributed by atoms with E-state index < -0.39 is 0 Å². The number of fused-ring (bicyclic) bond motifs is 1. The molecule has 1 fully saturated rings. The summed E-state index contributed by atoms with van der Waals surface area (Å²) in [7, 11) is 1.95. The lowest BCUT2D eigenvalue weighted by molar-refractivity contribution is 0.432. The average molecular weight is 311 g/mol. The molecule has 0 bridgehead atoms. The van der Waals surface area contributed by atoms with Crippen LogP contribution < -0.4 is 5.32 Å². The van der Waals surface area contributed by atoms with Gasteiger partial charge in [0.05, 0.1) is 6.04 Å². The second-order valence-electron chi connectivity index (χ2n) is 4.98. The standard InChI is InChI=1S/C15H18FNOS2/c1-9-15(20-7-6-19-9)13(17-2)12-8-10-4-3-5-11(16)14(10)18-12/h3-5,8-9,13,15,17H,6-7H2,1-2H3. The van der Waals surface area contributed by atoms with E-state index in [0.29, 0.717) is 16.1 Å². The molecule has 0 spiro atoms. The van der Waals surface area contributed by atoms with Gasteiger partial charge in [0.15, 0.2) is 11.4 Å². The third-order valence-electron chi connectivity index (χ3n) is 3.70. The van der Waals surface area contributed by atoms with E-state index in [0.717, 1.165) is 16.9 Å². The number of benzene rings is 1. The number of para-hydroxylation sites is 1. The van der Waals surface area contributed by atoms with E-state index in [1.165, 1.54) is 11.8 Å². The molecule has 1 aliphatic heterocycles. The maximum Gasteiger partial charge on any atom is 0.169 e. The Bertz CT molecular complexity index is 601.